The summed E-state index contributed by atoms with van der Waals surface area (Å²) in [6, 6.07) is 0. The molecular formula is C17H23N3O10. The molecule has 0 aliphatic carbocycles. The van der Waals surface area contributed by atoms with Gasteiger partial charge >= 0.3 is 23.9 Å². The van der Waals surface area contributed by atoms with Crippen molar-refractivity contribution in [2.75, 3.05) is 6.61 Å². The maximum Gasteiger partial charge on any atom is 0.303 e. The molecule has 2 rings (SSSR count). The Kier molecular flexibility index (Phi) is 7.83. The number of esters is 4. The Balaban J connectivity index is 2.50. The van der Waals surface area contributed by atoms with Gasteiger partial charge in [-0.05, 0) is 0 Å². The smallest absolute Gasteiger partial charge is 0.303 e. The molecule has 0 spiro atoms. The molecule has 2 heterocycles. The molecule has 13 nitrogen and oxygen atoms in total. The summed E-state index contributed by atoms with van der Waals surface area (Å²) in [6.07, 6.45) is -4.82. The standard InChI is InChI=1S/C17H23N3O10/c1-8(22)26-7-13-14(27-9(2)23)15(28-10(3)24)16(29-11(4)25)17(30-13)20-5-12(6-21)18-19-20/h5,13-17,21H,6-7H2,1-4H3/t13-,14-,15+,16-,17+/m1/s1. The van der Waals surface area contributed by atoms with Gasteiger partial charge in [0.25, 0.3) is 0 Å². The number of carbonyl (C=O) groups is 4. The van der Waals surface area contributed by atoms with Gasteiger partial charge in [0.1, 0.15) is 18.4 Å². The van der Waals surface area contributed by atoms with Crippen molar-refractivity contribution in [3.05, 3.63) is 11.9 Å². The predicted octanol–water partition coefficient (Wildman–Crippen LogP) is -0.974. The lowest BCUT2D eigenvalue weighted by Gasteiger charge is -2.44. The van der Waals surface area contributed by atoms with Crippen LogP contribution >= 0.6 is 0 Å². The number of aliphatic hydroxyl groups is 1. The van der Waals surface area contributed by atoms with Crippen molar-refractivity contribution < 1.29 is 48.0 Å². The van der Waals surface area contributed by atoms with Gasteiger partial charge in [-0.2, -0.15) is 0 Å². The van der Waals surface area contributed by atoms with Gasteiger partial charge in [0.05, 0.1) is 12.8 Å². The van der Waals surface area contributed by atoms with Crippen LogP contribution in [0.2, 0.25) is 0 Å². The molecule has 1 aromatic heterocycles. The third-order valence-corrected chi connectivity index (χ3v) is 3.95. The summed E-state index contributed by atoms with van der Waals surface area (Å²) in [6.45, 7) is 3.80. The van der Waals surface area contributed by atoms with Crippen molar-refractivity contribution in [1.29, 1.82) is 0 Å². The van der Waals surface area contributed by atoms with Crippen LogP contribution in [0.5, 0.6) is 0 Å². The zero-order valence-electron chi connectivity index (χ0n) is 16.8. The minimum atomic E-state index is -1.31. The molecule has 1 saturated heterocycles. The molecule has 0 unspecified atom stereocenters. The minimum absolute atomic E-state index is 0.197. The van der Waals surface area contributed by atoms with Gasteiger partial charge in [0.2, 0.25) is 0 Å². The zero-order valence-corrected chi connectivity index (χ0v) is 16.8. The molecule has 0 bridgehead atoms. The Labute approximate surface area is 171 Å². The Morgan fingerprint density at radius 2 is 1.53 bits per heavy atom. The predicted molar refractivity (Wildman–Crippen MR) is 93.1 cm³/mol. The number of hydrogen-bond acceptors (Lipinski definition) is 12. The fourth-order valence-electron chi connectivity index (χ4n) is 2.93. The second kappa shape index (κ2) is 10.1. The number of carbonyl (C=O) groups excluding carboxylic acids is 4. The van der Waals surface area contributed by atoms with E-state index in [0.29, 0.717) is 0 Å². The van der Waals surface area contributed by atoms with Crippen LogP contribution in [0.15, 0.2) is 6.20 Å². The van der Waals surface area contributed by atoms with Crippen LogP contribution in [0, 0.1) is 0 Å². The van der Waals surface area contributed by atoms with E-state index >= 15 is 0 Å². The van der Waals surface area contributed by atoms with Crippen LogP contribution in [-0.2, 0) is 49.5 Å². The first-order valence-electron chi connectivity index (χ1n) is 8.94. The Morgan fingerprint density at radius 3 is 2.03 bits per heavy atom. The molecule has 166 valence electrons. The van der Waals surface area contributed by atoms with E-state index in [4.69, 9.17) is 23.7 Å². The molecule has 1 N–H and O–H groups in total. The first-order valence-corrected chi connectivity index (χ1v) is 8.94. The molecule has 13 heteroatoms. The zero-order chi connectivity index (χ0) is 22.4. The molecule has 0 amide bonds. The van der Waals surface area contributed by atoms with Gasteiger partial charge in [0, 0.05) is 27.7 Å². The van der Waals surface area contributed by atoms with Gasteiger partial charge in [-0.15, -0.1) is 5.10 Å². The molecule has 1 fully saturated rings. The summed E-state index contributed by atoms with van der Waals surface area (Å²) in [7, 11) is 0. The largest absolute Gasteiger partial charge is 0.463 e. The van der Waals surface area contributed by atoms with E-state index in [1.54, 1.807) is 0 Å². The minimum Gasteiger partial charge on any atom is -0.463 e. The monoisotopic (exact) mass is 429 g/mol. The molecule has 1 aliphatic heterocycles. The third-order valence-electron chi connectivity index (χ3n) is 3.95. The van der Waals surface area contributed by atoms with Crippen molar-refractivity contribution in [3.63, 3.8) is 0 Å². The maximum absolute atomic E-state index is 11.7. The molecule has 0 saturated carbocycles. The average Bonchev–Trinajstić information content (AvgIpc) is 3.11. The number of aromatic nitrogens is 3. The lowest BCUT2D eigenvalue weighted by Crippen LogP contribution is -2.60. The maximum atomic E-state index is 11.7. The highest BCUT2D eigenvalue weighted by Gasteiger charge is 2.53. The van der Waals surface area contributed by atoms with E-state index in [-0.39, 0.29) is 12.3 Å². The molecule has 30 heavy (non-hydrogen) atoms. The fraction of sp³-hybridized carbons (Fsp3) is 0.647. The van der Waals surface area contributed by atoms with E-state index < -0.39 is 61.1 Å². The molecule has 0 aromatic carbocycles. The Hall–Kier alpha value is -3.06. The first-order chi connectivity index (χ1) is 14.1. The van der Waals surface area contributed by atoms with Crippen LogP contribution < -0.4 is 0 Å². The fourth-order valence-corrected chi connectivity index (χ4v) is 2.93. The molecule has 5 atom stereocenters. The summed E-state index contributed by atoms with van der Waals surface area (Å²) in [5.74, 6) is -2.81. The van der Waals surface area contributed by atoms with E-state index in [1.165, 1.54) is 13.1 Å². The molecular weight excluding hydrogens is 406 g/mol. The molecule has 1 aromatic rings. The van der Waals surface area contributed by atoms with Crippen LogP contribution in [-0.4, -0.2) is 75.0 Å². The van der Waals surface area contributed by atoms with Crippen molar-refractivity contribution in [2.24, 2.45) is 0 Å². The first kappa shape index (κ1) is 23.2. The Morgan fingerprint density at radius 1 is 0.967 bits per heavy atom. The van der Waals surface area contributed by atoms with Crippen molar-refractivity contribution in [2.45, 2.75) is 64.9 Å². The molecule has 1 aliphatic rings. The topological polar surface area (TPSA) is 165 Å². The second-order valence-corrected chi connectivity index (χ2v) is 6.44. The SMILES string of the molecule is CC(=O)OC[C@H]1O[C@H](n2cc(CO)nn2)[C@H](OC(C)=O)[C@@H](OC(C)=O)[C@@H]1OC(C)=O. The molecule has 0 radical (unpaired) electrons. The lowest BCUT2D eigenvalue weighted by molar-refractivity contribution is -0.270. The number of nitrogens with zero attached hydrogens (tertiary/aromatic N) is 3. The van der Waals surface area contributed by atoms with Gasteiger partial charge in [0.15, 0.2) is 24.5 Å². The van der Waals surface area contributed by atoms with E-state index in [2.05, 4.69) is 10.3 Å². The van der Waals surface area contributed by atoms with Crippen molar-refractivity contribution >= 4 is 23.9 Å². The van der Waals surface area contributed by atoms with Crippen LogP contribution in [0.4, 0.5) is 0 Å². The third kappa shape index (κ3) is 5.97. The van der Waals surface area contributed by atoms with Crippen molar-refractivity contribution in [1.82, 2.24) is 15.0 Å². The highest BCUT2D eigenvalue weighted by atomic mass is 16.7. The van der Waals surface area contributed by atoms with Crippen LogP contribution in [0.25, 0.3) is 0 Å². The van der Waals surface area contributed by atoms with Crippen LogP contribution in [0.1, 0.15) is 39.6 Å². The number of aliphatic hydroxyl groups excluding tert-OH is 1. The summed E-state index contributed by atoms with van der Waals surface area (Å²) in [5.41, 5.74) is 0.197. The summed E-state index contributed by atoms with van der Waals surface area (Å²) in [5, 5.41) is 16.8. The van der Waals surface area contributed by atoms with E-state index in [1.807, 2.05) is 0 Å². The highest BCUT2D eigenvalue weighted by molar-refractivity contribution is 5.68. The lowest BCUT2D eigenvalue weighted by atomic mass is 9.97. The van der Waals surface area contributed by atoms with Gasteiger partial charge in [-0.3, -0.25) is 19.2 Å². The average molecular weight is 429 g/mol. The summed E-state index contributed by atoms with van der Waals surface area (Å²) >= 11 is 0. The normalized spacial score (nSPS) is 25.8. The van der Waals surface area contributed by atoms with E-state index in [9.17, 15) is 24.3 Å². The van der Waals surface area contributed by atoms with Gasteiger partial charge in [-0.25, -0.2) is 4.68 Å². The van der Waals surface area contributed by atoms with Crippen LogP contribution in [0.3, 0.4) is 0 Å². The van der Waals surface area contributed by atoms with Crippen molar-refractivity contribution in [3.8, 4) is 0 Å². The number of hydrogen-bond donors (Lipinski definition) is 1. The summed E-state index contributed by atoms with van der Waals surface area (Å²) in [4.78, 5) is 46.4. The quantitative estimate of drug-likeness (QED) is 0.417. The van der Waals surface area contributed by atoms with Gasteiger partial charge in [-0.1, -0.05) is 5.21 Å². The van der Waals surface area contributed by atoms with Gasteiger partial charge < -0.3 is 28.8 Å². The Bertz CT molecular complexity index is 795. The highest BCUT2D eigenvalue weighted by Crippen LogP contribution is 2.34. The number of ether oxygens (including phenoxy) is 5. The second-order valence-electron chi connectivity index (χ2n) is 6.44. The number of rotatable bonds is 7. The van der Waals surface area contributed by atoms with E-state index in [0.717, 1.165) is 25.5 Å². The summed E-state index contributed by atoms with van der Waals surface area (Å²) < 4.78 is 27.9.